The van der Waals surface area contributed by atoms with Gasteiger partial charge in [-0.05, 0) is 31.2 Å². The van der Waals surface area contributed by atoms with E-state index in [9.17, 15) is 0 Å². The fourth-order valence-electron chi connectivity index (χ4n) is 3.75. The van der Waals surface area contributed by atoms with E-state index in [1.54, 1.807) is 0 Å². The molecular weight excluding hydrogens is 529 g/mol. The zero-order chi connectivity index (χ0) is 28.6. The van der Waals surface area contributed by atoms with Crippen molar-refractivity contribution in [1.82, 2.24) is 0 Å². The van der Waals surface area contributed by atoms with Crippen LogP contribution in [0, 0.1) is 0 Å². The second-order valence-corrected chi connectivity index (χ2v) is 10.1. The lowest BCUT2D eigenvalue weighted by molar-refractivity contribution is 0.487. The molecule has 3 aromatic rings. The van der Waals surface area contributed by atoms with E-state index in [1.807, 2.05) is 56.3 Å². The smallest absolute Gasteiger partial charge is 0.148 e. The molecule has 0 aliphatic rings. The van der Waals surface area contributed by atoms with Crippen LogP contribution in [0.25, 0.3) is 22.6 Å². The van der Waals surface area contributed by atoms with E-state index in [0.717, 1.165) is 45.3 Å². The average molecular weight is 573 g/mol. The molecule has 0 atom stereocenters. The van der Waals surface area contributed by atoms with Gasteiger partial charge in [0.1, 0.15) is 17.3 Å². The van der Waals surface area contributed by atoms with Crippen molar-refractivity contribution in [3.8, 4) is 16.9 Å². The van der Waals surface area contributed by atoms with Crippen LogP contribution in [0.5, 0.6) is 5.75 Å². The standard InChI is InChI=1S/C17H20OS.C10H12O2S2.C5H12/c1-4-17(2,3)15-12-8-11-14(16(15)18-19)13-9-6-5-7-10-13;1-7(11-13)9-5-3-4-6-10(9)8(2)12-14;1-3-5-4-2/h5-12,19H,4H2,1-3H3;3-6,13-14H,1-2H3;3-5H2,1-2H3/b;9-7+,10-8+;. The summed E-state index contributed by atoms with van der Waals surface area (Å²) in [7, 11) is 0. The number of rotatable bonds is 8. The summed E-state index contributed by atoms with van der Waals surface area (Å²) in [5.74, 6) is 2.33. The van der Waals surface area contributed by atoms with E-state index in [4.69, 9.17) is 12.5 Å². The normalized spacial score (nSPS) is 12.2. The largest absolute Gasteiger partial charge is 0.433 e. The van der Waals surface area contributed by atoms with Gasteiger partial charge in [0.15, 0.2) is 0 Å². The van der Waals surface area contributed by atoms with Gasteiger partial charge in [0, 0.05) is 60.3 Å². The summed E-state index contributed by atoms with van der Waals surface area (Å²) in [5.41, 5.74) is 3.52. The maximum atomic E-state index is 5.41. The van der Waals surface area contributed by atoms with E-state index in [2.05, 4.69) is 104 Å². The Labute approximate surface area is 247 Å². The summed E-state index contributed by atoms with van der Waals surface area (Å²) in [6.07, 6.45) is 5.13. The minimum absolute atomic E-state index is 0.0723. The highest BCUT2D eigenvalue weighted by Crippen LogP contribution is 2.41. The molecule has 0 radical (unpaired) electrons. The van der Waals surface area contributed by atoms with Crippen molar-refractivity contribution < 1.29 is 12.5 Å². The van der Waals surface area contributed by atoms with Gasteiger partial charge in [-0.3, -0.25) is 0 Å². The Bertz CT molecular complexity index is 1170. The molecule has 3 rings (SSSR count). The summed E-state index contributed by atoms with van der Waals surface area (Å²) in [5, 5.41) is 1.91. The van der Waals surface area contributed by atoms with E-state index in [-0.39, 0.29) is 5.41 Å². The molecule has 0 unspecified atom stereocenters. The quantitative estimate of drug-likeness (QED) is 0.186. The molecule has 0 fully saturated rings. The molecule has 0 saturated heterocycles. The van der Waals surface area contributed by atoms with Crippen molar-refractivity contribution in [3.63, 3.8) is 0 Å². The molecule has 0 amide bonds. The third-order valence-electron chi connectivity index (χ3n) is 6.47. The Morgan fingerprint density at radius 3 is 1.58 bits per heavy atom. The molecule has 0 bridgehead atoms. The zero-order valence-electron chi connectivity index (χ0n) is 23.8. The third-order valence-corrected chi connectivity index (χ3v) is 7.20. The molecule has 0 N–H and O–H groups in total. The molecule has 0 aliphatic carbocycles. The molecule has 3 nitrogen and oxygen atoms in total. The van der Waals surface area contributed by atoms with Crippen LogP contribution >= 0.6 is 38.7 Å². The molecule has 0 aromatic heterocycles. The summed E-state index contributed by atoms with van der Waals surface area (Å²) in [6.45, 7) is 14.8. The lowest BCUT2D eigenvalue weighted by atomic mass is 9.80. The minimum atomic E-state index is 0.0723. The van der Waals surface area contributed by atoms with Gasteiger partial charge in [0.2, 0.25) is 0 Å². The average Bonchev–Trinajstić information content (AvgIpc) is 2.97. The highest BCUT2D eigenvalue weighted by atomic mass is 32.1. The van der Waals surface area contributed by atoms with Crippen LogP contribution in [0.2, 0.25) is 0 Å². The van der Waals surface area contributed by atoms with Gasteiger partial charge < -0.3 is 12.5 Å². The predicted molar refractivity (Wildman–Crippen MR) is 174 cm³/mol. The first-order valence-electron chi connectivity index (χ1n) is 13.1. The Kier molecular flexibility index (Phi) is 16.2. The van der Waals surface area contributed by atoms with Gasteiger partial charge >= 0.3 is 0 Å². The summed E-state index contributed by atoms with van der Waals surface area (Å²) < 4.78 is 15.2. The van der Waals surface area contributed by atoms with E-state index in [1.165, 1.54) is 24.8 Å². The van der Waals surface area contributed by atoms with Crippen molar-refractivity contribution in [1.29, 1.82) is 0 Å². The number of benzene rings is 3. The Morgan fingerprint density at radius 2 is 1.18 bits per heavy atom. The maximum absolute atomic E-state index is 5.41. The Hall–Kier alpha value is -2.15. The highest BCUT2D eigenvalue weighted by molar-refractivity contribution is 7.75. The van der Waals surface area contributed by atoms with Crippen molar-refractivity contribution in [2.45, 2.75) is 79.6 Å². The van der Waals surface area contributed by atoms with Crippen LogP contribution in [-0.4, -0.2) is 0 Å². The van der Waals surface area contributed by atoms with Crippen molar-refractivity contribution >= 4 is 50.2 Å². The molecule has 6 heteroatoms. The second kappa shape index (κ2) is 18.2. The van der Waals surface area contributed by atoms with Crippen LogP contribution in [0.15, 0.2) is 72.8 Å². The molecule has 0 saturated carbocycles. The van der Waals surface area contributed by atoms with E-state index in [0.29, 0.717) is 0 Å². The topological polar surface area (TPSA) is 27.7 Å². The van der Waals surface area contributed by atoms with Crippen LogP contribution in [0.4, 0.5) is 0 Å². The molecule has 0 aliphatic heterocycles. The zero-order valence-corrected chi connectivity index (χ0v) is 26.5. The van der Waals surface area contributed by atoms with Crippen LogP contribution in [0.3, 0.4) is 0 Å². The molecular formula is C32H44O3S3. The minimum Gasteiger partial charge on any atom is -0.433 e. The third kappa shape index (κ3) is 10.2. The molecule has 0 heterocycles. The Morgan fingerprint density at radius 1 is 0.684 bits per heavy atom. The molecule has 0 spiro atoms. The fourth-order valence-corrected chi connectivity index (χ4v) is 4.15. The number of hydrogen-bond acceptors (Lipinski definition) is 6. The monoisotopic (exact) mass is 572 g/mol. The molecule has 3 aromatic carbocycles. The van der Waals surface area contributed by atoms with Gasteiger partial charge in [-0.1, -0.05) is 127 Å². The summed E-state index contributed by atoms with van der Waals surface area (Å²) in [4.78, 5) is 0. The lowest BCUT2D eigenvalue weighted by Crippen LogP contribution is -2.28. The number of unbranched alkanes of at least 4 members (excludes halogenated alkanes) is 2. The van der Waals surface area contributed by atoms with Gasteiger partial charge in [0.25, 0.3) is 0 Å². The van der Waals surface area contributed by atoms with E-state index >= 15 is 0 Å². The summed E-state index contributed by atoms with van der Waals surface area (Å²) in [6, 6.07) is 24.3. The highest BCUT2D eigenvalue weighted by Gasteiger charge is 2.24. The predicted octanol–water partition coefficient (Wildman–Crippen LogP) is 9.13. The van der Waals surface area contributed by atoms with Gasteiger partial charge in [0.05, 0.1) is 0 Å². The van der Waals surface area contributed by atoms with Crippen molar-refractivity contribution in [2.75, 3.05) is 0 Å². The number of thiol groups is 3. The first-order chi connectivity index (χ1) is 18.2. The number of para-hydroxylation sites is 1. The van der Waals surface area contributed by atoms with Crippen LogP contribution < -0.4 is 14.6 Å². The van der Waals surface area contributed by atoms with Crippen LogP contribution in [0.1, 0.15) is 79.7 Å². The maximum Gasteiger partial charge on any atom is 0.148 e. The second-order valence-electron chi connectivity index (χ2n) is 9.57. The number of hydrogen-bond donors (Lipinski definition) is 3. The summed E-state index contributed by atoms with van der Waals surface area (Å²) >= 11 is 11.6. The van der Waals surface area contributed by atoms with Gasteiger partial charge in [-0.2, -0.15) is 0 Å². The Balaban J connectivity index is 0.000000334. The fraction of sp³-hybridized carbons (Fsp3) is 0.375. The van der Waals surface area contributed by atoms with Crippen molar-refractivity contribution in [3.05, 3.63) is 88.8 Å². The molecule has 38 heavy (non-hydrogen) atoms. The lowest BCUT2D eigenvalue weighted by Gasteiger charge is -2.26. The van der Waals surface area contributed by atoms with Crippen molar-refractivity contribution in [2.24, 2.45) is 0 Å². The van der Waals surface area contributed by atoms with E-state index < -0.39 is 0 Å². The first-order valence-corrected chi connectivity index (χ1v) is 14.2. The van der Waals surface area contributed by atoms with Gasteiger partial charge in [-0.15, -0.1) is 0 Å². The SMILES string of the molecule is C/C(OS)=c1/cccc/c1=C(/C)OS.CCC(C)(C)c1cccc(-c2ccccc2)c1OS.CCCCC. The molecule has 208 valence electrons. The first kappa shape index (κ1) is 33.9. The van der Waals surface area contributed by atoms with Gasteiger partial charge in [-0.25, -0.2) is 0 Å². The van der Waals surface area contributed by atoms with Crippen LogP contribution in [-0.2, 0) is 13.8 Å².